The smallest absolute Gasteiger partial charge is 0.338 e. The van der Waals surface area contributed by atoms with Crippen molar-refractivity contribution in [3.8, 4) is 0 Å². The van der Waals surface area contributed by atoms with E-state index in [2.05, 4.69) is 5.32 Å². The Kier molecular flexibility index (Phi) is 5.52. The van der Waals surface area contributed by atoms with Crippen LogP contribution in [0.2, 0.25) is 0 Å². The minimum atomic E-state index is -0.853. The van der Waals surface area contributed by atoms with Crippen LogP contribution < -0.4 is 5.32 Å². The second-order valence-electron chi connectivity index (χ2n) is 5.56. The molecule has 0 aliphatic carbocycles. The summed E-state index contributed by atoms with van der Waals surface area (Å²) in [5.41, 5.74) is 2.41. The SMILES string of the molecule is Cc1cccc(C(=O)OC(C)C(=O)NC(C)c2ccccc2)c1. The Morgan fingerprint density at radius 2 is 1.70 bits per heavy atom. The lowest BCUT2D eigenvalue weighted by Gasteiger charge is -2.18. The molecule has 0 aliphatic rings. The number of amides is 1. The largest absolute Gasteiger partial charge is 0.449 e. The highest BCUT2D eigenvalue weighted by molar-refractivity contribution is 5.92. The quantitative estimate of drug-likeness (QED) is 0.861. The number of nitrogens with one attached hydrogen (secondary N) is 1. The molecule has 0 radical (unpaired) electrons. The van der Waals surface area contributed by atoms with Crippen molar-refractivity contribution in [2.75, 3.05) is 0 Å². The van der Waals surface area contributed by atoms with Gasteiger partial charge in [0.05, 0.1) is 11.6 Å². The van der Waals surface area contributed by atoms with Gasteiger partial charge in [-0.2, -0.15) is 0 Å². The lowest BCUT2D eigenvalue weighted by Crippen LogP contribution is -2.37. The van der Waals surface area contributed by atoms with Gasteiger partial charge in [0.2, 0.25) is 0 Å². The number of benzene rings is 2. The molecule has 0 fully saturated rings. The molecule has 23 heavy (non-hydrogen) atoms. The fourth-order valence-corrected chi connectivity index (χ4v) is 2.21. The highest BCUT2D eigenvalue weighted by Crippen LogP contribution is 2.12. The van der Waals surface area contributed by atoms with E-state index in [0.717, 1.165) is 11.1 Å². The van der Waals surface area contributed by atoms with E-state index in [1.165, 1.54) is 0 Å². The summed E-state index contributed by atoms with van der Waals surface area (Å²) in [6, 6.07) is 16.6. The van der Waals surface area contributed by atoms with Crippen molar-refractivity contribution in [3.63, 3.8) is 0 Å². The van der Waals surface area contributed by atoms with Crippen LogP contribution in [0.1, 0.15) is 41.4 Å². The van der Waals surface area contributed by atoms with Crippen LogP contribution in [0.3, 0.4) is 0 Å². The van der Waals surface area contributed by atoms with Crippen molar-refractivity contribution in [2.24, 2.45) is 0 Å². The van der Waals surface area contributed by atoms with Crippen molar-refractivity contribution < 1.29 is 14.3 Å². The van der Waals surface area contributed by atoms with E-state index < -0.39 is 12.1 Å². The molecule has 120 valence electrons. The molecular formula is C19H21NO3. The number of hydrogen-bond acceptors (Lipinski definition) is 3. The van der Waals surface area contributed by atoms with Gasteiger partial charge in [-0.15, -0.1) is 0 Å². The summed E-state index contributed by atoms with van der Waals surface area (Å²) in [4.78, 5) is 24.2. The molecule has 0 bridgehead atoms. The van der Waals surface area contributed by atoms with Crippen LogP contribution in [0.25, 0.3) is 0 Å². The zero-order valence-corrected chi connectivity index (χ0v) is 13.6. The summed E-state index contributed by atoms with van der Waals surface area (Å²) >= 11 is 0. The fraction of sp³-hybridized carbons (Fsp3) is 0.263. The van der Waals surface area contributed by atoms with Crippen molar-refractivity contribution in [2.45, 2.75) is 32.9 Å². The van der Waals surface area contributed by atoms with E-state index in [1.54, 1.807) is 25.1 Å². The van der Waals surface area contributed by atoms with Gasteiger partial charge < -0.3 is 10.1 Å². The van der Waals surface area contributed by atoms with E-state index in [9.17, 15) is 9.59 Å². The molecule has 0 saturated carbocycles. The minimum absolute atomic E-state index is 0.149. The number of carbonyl (C=O) groups is 2. The van der Waals surface area contributed by atoms with Crippen LogP contribution in [-0.2, 0) is 9.53 Å². The van der Waals surface area contributed by atoms with Crippen molar-refractivity contribution >= 4 is 11.9 Å². The third kappa shape index (κ3) is 4.68. The zero-order chi connectivity index (χ0) is 16.8. The van der Waals surface area contributed by atoms with Gasteiger partial charge in [-0.3, -0.25) is 4.79 Å². The first kappa shape index (κ1) is 16.7. The zero-order valence-electron chi connectivity index (χ0n) is 13.6. The second kappa shape index (κ2) is 7.58. The van der Waals surface area contributed by atoms with Crippen LogP contribution in [-0.4, -0.2) is 18.0 Å². The number of hydrogen-bond donors (Lipinski definition) is 1. The summed E-state index contributed by atoms with van der Waals surface area (Å²) in [7, 11) is 0. The minimum Gasteiger partial charge on any atom is -0.449 e. The van der Waals surface area contributed by atoms with Gasteiger partial charge in [-0.25, -0.2) is 4.79 Å². The Balaban J connectivity index is 1.93. The predicted octanol–water partition coefficient (Wildman–Crippen LogP) is 3.42. The van der Waals surface area contributed by atoms with Gasteiger partial charge >= 0.3 is 5.97 Å². The van der Waals surface area contributed by atoms with Crippen LogP contribution >= 0.6 is 0 Å². The maximum Gasteiger partial charge on any atom is 0.338 e. The third-order valence-electron chi connectivity index (χ3n) is 3.57. The molecule has 0 heterocycles. The van der Waals surface area contributed by atoms with E-state index in [1.807, 2.05) is 50.2 Å². The molecule has 2 rings (SSSR count). The molecular weight excluding hydrogens is 290 g/mol. The van der Waals surface area contributed by atoms with Crippen LogP contribution in [0.15, 0.2) is 54.6 Å². The lowest BCUT2D eigenvalue weighted by molar-refractivity contribution is -0.129. The van der Waals surface area contributed by atoms with E-state index in [0.29, 0.717) is 5.56 Å². The highest BCUT2D eigenvalue weighted by atomic mass is 16.5. The Labute approximate surface area is 136 Å². The third-order valence-corrected chi connectivity index (χ3v) is 3.57. The first-order chi connectivity index (χ1) is 11.0. The van der Waals surface area contributed by atoms with Gasteiger partial charge in [-0.1, -0.05) is 48.0 Å². The molecule has 2 atom stereocenters. The Morgan fingerprint density at radius 3 is 2.35 bits per heavy atom. The molecule has 4 heteroatoms. The van der Waals surface area contributed by atoms with Gasteiger partial charge in [0.1, 0.15) is 0 Å². The molecule has 0 aliphatic heterocycles. The first-order valence-corrected chi connectivity index (χ1v) is 7.60. The fourth-order valence-electron chi connectivity index (χ4n) is 2.21. The summed E-state index contributed by atoms with van der Waals surface area (Å²) in [5, 5.41) is 2.85. The molecule has 0 aromatic heterocycles. The number of aryl methyl sites for hydroxylation is 1. The number of rotatable bonds is 5. The Morgan fingerprint density at radius 1 is 1.00 bits per heavy atom. The van der Waals surface area contributed by atoms with Crippen molar-refractivity contribution in [1.29, 1.82) is 0 Å². The molecule has 0 spiro atoms. The van der Waals surface area contributed by atoms with E-state index >= 15 is 0 Å². The Bertz CT molecular complexity index is 682. The topological polar surface area (TPSA) is 55.4 Å². The summed E-state index contributed by atoms with van der Waals surface area (Å²) in [6.07, 6.45) is -0.853. The van der Waals surface area contributed by atoms with Crippen LogP contribution in [0.5, 0.6) is 0 Å². The van der Waals surface area contributed by atoms with Crippen LogP contribution in [0.4, 0.5) is 0 Å². The van der Waals surface area contributed by atoms with Gasteiger partial charge in [0.25, 0.3) is 5.91 Å². The molecule has 1 amide bonds. The molecule has 2 unspecified atom stereocenters. The van der Waals surface area contributed by atoms with Crippen molar-refractivity contribution in [1.82, 2.24) is 5.32 Å². The monoisotopic (exact) mass is 311 g/mol. The molecule has 0 saturated heterocycles. The van der Waals surface area contributed by atoms with Gasteiger partial charge in [0.15, 0.2) is 6.10 Å². The lowest BCUT2D eigenvalue weighted by atomic mass is 10.1. The average molecular weight is 311 g/mol. The summed E-state index contributed by atoms with van der Waals surface area (Å²) < 4.78 is 5.24. The molecule has 2 aromatic carbocycles. The standard InChI is InChI=1S/C19H21NO3/c1-13-8-7-11-17(12-13)19(22)23-15(3)18(21)20-14(2)16-9-5-4-6-10-16/h4-12,14-15H,1-3H3,(H,20,21). The predicted molar refractivity (Wildman–Crippen MR) is 89.1 cm³/mol. The number of ether oxygens (including phenoxy) is 1. The normalized spacial score (nSPS) is 13.0. The highest BCUT2D eigenvalue weighted by Gasteiger charge is 2.20. The van der Waals surface area contributed by atoms with Gasteiger partial charge in [0, 0.05) is 0 Å². The average Bonchev–Trinajstić information content (AvgIpc) is 2.55. The molecule has 4 nitrogen and oxygen atoms in total. The number of esters is 1. The van der Waals surface area contributed by atoms with E-state index in [4.69, 9.17) is 4.74 Å². The maximum absolute atomic E-state index is 12.2. The summed E-state index contributed by atoms with van der Waals surface area (Å²) in [5.74, 6) is -0.814. The Hall–Kier alpha value is -2.62. The van der Waals surface area contributed by atoms with Gasteiger partial charge in [-0.05, 0) is 38.5 Å². The number of carbonyl (C=O) groups excluding carboxylic acids is 2. The maximum atomic E-state index is 12.2. The first-order valence-electron chi connectivity index (χ1n) is 7.60. The van der Waals surface area contributed by atoms with Crippen LogP contribution in [0, 0.1) is 6.92 Å². The van der Waals surface area contributed by atoms with E-state index in [-0.39, 0.29) is 11.9 Å². The second-order valence-corrected chi connectivity index (χ2v) is 5.56. The molecule has 2 aromatic rings. The summed E-state index contributed by atoms with van der Waals surface area (Å²) in [6.45, 7) is 5.36. The van der Waals surface area contributed by atoms with Crippen molar-refractivity contribution in [3.05, 3.63) is 71.3 Å². The molecule has 1 N–H and O–H groups in total.